The molecule has 13 heteroatoms. The highest BCUT2D eigenvalue weighted by Gasteiger charge is 2.41. The van der Waals surface area contributed by atoms with Gasteiger partial charge in [0.2, 0.25) is 0 Å². The number of alkyl halides is 3. The number of phenols is 1. The number of allylic oxidation sites excluding steroid dienone is 2. The standard InChI is InChI=1S/C25H23Br2F3N2O6/c1-36-21-6-3-13(12-31-21)7-15-11-16(4-5-20(15)33)38-22-17(26)8-14(9-18(22)27)10-19(23(34)37-2)32-24(35)25(28,29)30/h3-6,8-9,11,19,31,33H,7,10,12H2,1-2H3,(H,32,35)/t19-/m0/s1. The van der Waals surface area contributed by atoms with Crippen LogP contribution in [0.25, 0.3) is 0 Å². The first-order valence-corrected chi connectivity index (χ1v) is 12.6. The number of aromatic hydroxyl groups is 1. The summed E-state index contributed by atoms with van der Waals surface area (Å²) < 4.78 is 54.6. The van der Waals surface area contributed by atoms with E-state index in [1.54, 1.807) is 42.8 Å². The largest absolute Gasteiger partial charge is 0.508 e. The number of benzene rings is 2. The molecule has 0 fully saturated rings. The van der Waals surface area contributed by atoms with Crippen molar-refractivity contribution in [2.24, 2.45) is 0 Å². The highest BCUT2D eigenvalue weighted by Crippen LogP contribution is 2.39. The Labute approximate surface area is 233 Å². The quantitative estimate of drug-likeness (QED) is 0.323. The van der Waals surface area contributed by atoms with E-state index in [1.165, 1.54) is 6.07 Å². The number of rotatable bonds is 9. The summed E-state index contributed by atoms with van der Waals surface area (Å²) in [5.74, 6) is -1.75. The first-order chi connectivity index (χ1) is 17.9. The molecule has 1 aliphatic rings. The molecule has 0 spiro atoms. The van der Waals surface area contributed by atoms with E-state index in [0.717, 1.165) is 12.7 Å². The molecule has 0 aromatic heterocycles. The van der Waals surface area contributed by atoms with Crippen LogP contribution in [0.5, 0.6) is 17.2 Å². The molecule has 3 rings (SSSR count). The Morgan fingerprint density at radius 2 is 1.82 bits per heavy atom. The smallest absolute Gasteiger partial charge is 0.471 e. The summed E-state index contributed by atoms with van der Waals surface area (Å²) in [6.07, 6.45) is -1.25. The molecule has 1 heterocycles. The minimum Gasteiger partial charge on any atom is -0.508 e. The van der Waals surface area contributed by atoms with Crippen molar-refractivity contribution < 1.29 is 42.1 Å². The van der Waals surface area contributed by atoms with Gasteiger partial charge in [0.05, 0.1) is 23.2 Å². The van der Waals surface area contributed by atoms with Gasteiger partial charge in [0.1, 0.15) is 17.5 Å². The minimum atomic E-state index is -5.15. The van der Waals surface area contributed by atoms with E-state index >= 15 is 0 Å². The van der Waals surface area contributed by atoms with E-state index in [0.29, 0.717) is 50.4 Å². The molecule has 0 bridgehead atoms. The zero-order valence-electron chi connectivity index (χ0n) is 20.1. The van der Waals surface area contributed by atoms with Gasteiger partial charge in [-0.2, -0.15) is 13.2 Å². The third-order valence-corrected chi connectivity index (χ3v) is 6.59. The van der Waals surface area contributed by atoms with Crippen LogP contribution in [0.15, 0.2) is 62.9 Å². The molecule has 8 nitrogen and oxygen atoms in total. The van der Waals surface area contributed by atoms with Crippen molar-refractivity contribution in [2.45, 2.75) is 25.1 Å². The fraction of sp³-hybridized carbons (Fsp3) is 0.280. The second-order valence-electron chi connectivity index (χ2n) is 8.12. The number of dihydropyridines is 1. The van der Waals surface area contributed by atoms with Gasteiger partial charge in [0.25, 0.3) is 0 Å². The van der Waals surface area contributed by atoms with Gasteiger partial charge < -0.3 is 30.0 Å². The van der Waals surface area contributed by atoms with Crippen LogP contribution in [0.1, 0.15) is 11.1 Å². The second-order valence-corrected chi connectivity index (χ2v) is 9.83. The lowest BCUT2D eigenvalue weighted by atomic mass is 10.0. The first-order valence-electron chi connectivity index (χ1n) is 11.0. The fourth-order valence-corrected chi connectivity index (χ4v) is 4.99. The molecule has 1 aliphatic heterocycles. The van der Waals surface area contributed by atoms with Crippen molar-refractivity contribution in [3.63, 3.8) is 0 Å². The Bertz CT molecular complexity index is 1260. The van der Waals surface area contributed by atoms with Crippen LogP contribution in [0.3, 0.4) is 0 Å². The monoisotopic (exact) mass is 662 g/mol. The van der Waals surface area contributed by atoms with Crippen molar-refractivity contribution in [3.8, 4) is 17.2 Å². The lowest BCUT2D eigenvalue weighted by Gasteiger charge is -2.19. The number of carbonyl (C=O) groups excluding carboxylic acids is 2. The molecule has 0 radical (unpaired) electrons. The van der Waals surface area contributed by atoms with Crippen LogP contribution in [0.4, 0.5) is 13.2 Å². The van der Waals surface area contributed by atoms with Crippen LogP contribution in [-0.2, 0) is 31.9 Å². The summed E-state index contributed by atoms with van der Waals surface area (Å²) in [4.78, 5) is 23.4. The van der Waals surface area contributed by atoms with Gasteiger partial charge in [-0.25, -0.2) is 4.79 Å². The summed E-state index contributed by atoms with van der Waals surface area (Å²) in [6.45, 7) is 0.554. The van der Waals surface area contributed by atoms with E-state index in [4.69, 9.17) is 9.47 Å². The molecule has 1 amide bonds. The number of amides is 1. The summed E-state index contributed by atoms with van der Waals surface area (Å²) in [7, 11) is 2.58. The third kappa shape index (κ3) is 7.67. The molecule has 0 unspecified atom stereocenters. The second kappa shape index (κ2) is 12.6. The number of nitrogens with one attached hydrogen (secondary N) is 2. The normalized spacial score (nSPS) is 14.0. The maximum atomic E-state index is 12.7. The van der Waals surface area contributed by atoms with Crippen molar-refractivity contribution in [1.82, 2.24) is 10.6 Å². The van der Waals surface area contributed by atoms with E-state index in [-0.39, 0.29) is 12.2 Å². The van der Waals surface area contributed by atoms with Crippen LogP contribution in [0, 0.1) is 0 Å². The average molecular weight is 664 g/mol. The first kappa shape index (κ1) is 29.4. The number of ether oxygens (including phenoxy) is 3. The van der Waals surface area contributed by atoms with Gasteiger partial charge in [-0.3, -0.25) is 4.79 Å². The van der Waals surface area contributed by atoms with Crippen molar-refractivity contribution in [3.05, 3.63) is 74.0 Å². The average Bonchev–Trinajstić information content (AvgIpc) is 2.87. The topological polar surface area (TPSA) is 106 Å². The van der Waals surface area contributed by atoms with Crippen LogP contribution >= 0.6 is 31.9 Å². The van der Waals surface area contributed by atoms with Gasteiger partial charge >= 0.3 is 18.1 Å². The summed E-state index contributed by atoms with van der Waals surface area (Å²) in [5.41, 5.74) is 2.07. The highest BCUT2D eigenvalue weighted by atomic mass is 79.9. The summed E-state index contributed by atoms with van der Waals surface area (Å²) in [6, 6.07) is 6.33. The third-order valence-electron chi connectivity index (χ3n) is 5.41. The van der Waals surface area contributed by atoms with E-state index in [2.05, 4.69) is 41.9 Å². The van der Waals surface area contributed by atoms with Crippen LogP contribution in [-0.4, -0.2) is 50.0 Å². The Morgan fingerprint density at radius 1 is 1.13 bits per heavy atom. The maximum absolute atomic E-state index is 12.7. The highest BCUT2D eigenvalue weighted by molar-refractivity contribution is 9.11. The molecular weight excluding hydrogens is 641 g/mol. The lowest BCUT2D eigenvalue weighted by molar-refractivity contribution is -0.175. The fourth-order valence-electron chi connectivity index (χ4n) is 3.54. The van der Waals surface area contributed by atoms with E-state index in [9.17, 15) is 27.9 Å². The Hall–Kier alpha value is -3.19. The number of carbonyl (C=O) groups is 2. The number of hydrogen-bond acceptors (Lipinski definition) is 7. The minimum absolute atomic E-state index is 0.100. The molecule has 0 aliphatic carbocycles. The molecule has 1 atom stereocenters. The SMILES string of the molecule is COC(=O)[C@H](Cc1cc(Br)c(Oc2ccc(O)c(CC3=CC=C(OC)NC3)c2)c(Br)c1)NC(=O)C(F)(F)F. The number of phenolic OH excluding ortho intramolecular Hbond substituents is 1. The Kier molecular flexibility index (Phi) is 9.71. The van der Waals surface area contributed by atoms with Crippen molar-refractivity contribution in [2.75, 3.05) is 20.8 Å². The van der Waals surface area contributed by atoms with Gasteiger partial charge in [-0.05, 0) is 85.8 Å². The molecule has 38 heavy (non-hydrogen) atoms. The van der Waals surface area contributed by atoms with Gasteiger partial charge in [0.15, 0.2) is 11.6 Å². The van der Waals surface area contributed by atoms with Crippen LogP contribution in [0.2, 0.25) is 0 Å². The number of esters is 1. The van der Waals surface area contributed by atoms with Gasteiger partial charge in [0, 0.05) is 18.5 Å². The summed E-state index contributed by atoms with van der Waals surface area (Å²) >= 11 is 6.77. The van der Waals surface area contributed by atoms with Gasteiger partial charge in [-0.15, -0.1) is 0 Å². The number of hydrogen-bond donors (Lipinski definition) is 3. The molecule has 3 N–H and O–H groups in total. The molecule has 204 valence electrons. The van der Waals surface area contributed by atoms with E-state index in [1.807, 2.05) is 6.08 Å². The van der Waals surface area contributed by atoms with Gasteiger partial charge in [-0.1, -0.05) is 6.08 Å². The molecular formula is C25H23Br2F3N2O6. The molecule has 0 saturated carbocycles. The van der Waals surface area contributed by atoms with Crippen LogP contribution < -0.4 is 15.4 Å². The maximum Gasteiger partial charge on any atom is 0.471 e. The van der Waals surface area contributed by atoms with Crippen molar-refractivity contribution >= 4 is 43.7 Å². The van der Waals surface area contributed by atoms with Crippen molar-refractivity contribution in [1.29, 1.82) is 0 Å². The zero-order valence-corrected chi connectivity index (χ0v) is 23.3. The lowest BCUT2D eigenvalue weighted by Crippen LogP contribution is -2.48. The van der Waals surface area contributed by atoms with E-state index < -0.39 is 24.1 Å². The molecule has 0 saturated heterocycles. The molecule has 2 aromatic carbocycles. The Balaban J connectivity index is 1.79. The molecule has 2 aromatic rings. The Morgan fingerprint density at radius 3 is 2.37 bits per heavy atom. The number of halogens is 5. The number of methoxy groups -OCH3 is 2. The summed E-state index contributed by atoms with van der Waals surface area (Å²) in [5, 5.41) is 15.1. The zero-order chi connectivity index (χ0) is 28.0. The predicted octanol–water partition coefficient (Wildman–Crippen LogP) is 5.03. The predicted molar refractivity (Wildman–Crippen MR) is 139 cm³/mol.